The average Bonchev–Trinajstić information content (AvgIpc) is 3.33. The van der Waals surface area contributed by atoms with Crippen LogP contribution in [0.2, 0.25) is 0 Å². The second kappa shape index (κ2) is 8.06. The molecular weight excluding hydrogens is 364 g/mol. The summed E-state index contributed by atoms with van der Waals surface area (Å²) in [6.45, 7) is 5.31. The fraction of sp³-hybridized carbons (Fsp3) is 0.368. The van der Waals surface area contributed by atoms with Crippen molar-refractivity contribution in [1.29, 1.82) is 0 Å². The van der Waals surface area contributed by atoms with Crippen LogP contribution < -0.4 is 4.72 Å². The molecule has 2 heterocycles. The molecule has 7 nitrogen and oxygen atoms in total. The molecule has 3 rings (SSSR count). The standard InChI is InChI=1S/C19H24N4O3S/c1-15(2)18-8-4-12-23(18)19(24)16-6-3-7-17(14-16)27(25,26)21-10-13-22-11-5-9-20-22/h3-9,11,14-15,18,21H,10,12-13H2,1-2H3/t18-/m1/s1. The SMILES string of the molecule is CC(C)[C@H]1C=CCN1C(=O)c1cccc(S(=O)(=O)NCCn2cccn2)c1. The van der Waals surface area contributed by atoms with E-state index in [-0.39, 0.29) is 23.4 Å². The summed E-state index contributed by atoms with van der Waals surface area (Å²) in [5.41, 5.74) is 0.374. The number of sulfonamides is 1. The molecule has 27 heavy (non-hydrogen) atoms. The number of carbonyl (C=O) groups is 1. The molecule has 0 saturated carbocycles. The molecule has 0 saturated heterocycles. The number of hydrogen-bond acceptors (Lipinski definition) is 4. The molecule has 0 unspecified atom stereocenters. The molecule has 1 aliphatic heterocycles. The Kier molecular flexibility index (Phi) is 5.76. The Morgan fingerprint density at radius 1 is 1.33 bits per heavy atom. The maximum atomic E-state index is 12.9. The van der Waals surface area contributed by atoms with Crippen LogP contribution in [-0.4, -0.2) is 48.1 Å². The van der Waals surface area contributed by atoms with Gasteiger partial charge in [0.2, 0.25) is 10.0 Å². The van der Waals surface area contributed by atoms with Crippen LogP contribution in [-0.2, 0) is 16.6 Å². The first kappa shape index (κ1) is 19.3. The van der Waals surface area contributed by atoms with Gasteiger partial charge >= 0.3 is 0 Å². The molecule has 0 spiro atoms. The first-order chi connectivity index (χ1) is 12.9. The van der Waals surface area contributed by atoms with E-state index in [0.717, 1.165) is 0 Å². The largest absolute Gasteiger partial charge is 0.328 e. The summed E-state index contributed by atoms with van der Waals surface area (Å²) in [4.78, 5) is 14.7. The van der Waals surface area contributed by atoms with Crippen molar-refractivity contribution in [1.82, 2.24) is 19.4 Å². The number of nitrogens with one attached hydrogen (secondary N) is 1. The smallest absolute Gasteiger partial charge is 0.254 e. The third-order valence-corrected chi connectivity index (χ3v) is 5.98. The van der Waals surface area contributed by atoms with Gasteiger partial charge < -0.3 is 4.90 Å². The number of aromatic nitrogens is 2. The normalized spacial score (nSPS) is 17.0. The van der Waals surface area contributed by atoms with Crippen LogP contribution in [0.5, 0.6) is 0 Å². The minimum absolute atomic E-state index is 0.0324. The van der Waals surface area contributed by atoms with Gasteiger partial charge in [-0.05, 0) is 30.2 Å². The Morgan fingerprint density at radius 3 is 2.85 bits per heavy atom. The lowest BCUT2D eigenvalue weighted by atomic mass is 10.0. The quantitative estimate of drug-likeness (QED) is 0.734. The van der Waals surface area contributed by atoms with Crippen molar-refractivity contribution in [2.45, 2.75) is 31.3 Å². The van der Waals surface area contributed by atoms with Crippen LogP contribution in [0.3, 0.4) is 0 Å². The Morgan fingerprint density at radius 2 is 2.15 bits per heavy atom. The number of carbonyl (C=O) groups excluding carboxylic acids is 1. The summed E-state index contributed by atoms with van der Waals surface area (Å²) in [5.74, 6) is 0.135. The van der Waals surface area contributed by atoms with Gasteiger partial charge in [0.1, 0.15) is 0 Å². The molecule has 2 aromatic rings. The lowest BCUT2D eigenvalue weighted by Gasteiger charge is -2.27. The van der Waals surface area contributed by atoms with Gasteiger partial charge in [0.05, 0.1) is 17.5 Å². The van der Waals surface area contributed by atoms with Crippen LogP contribution in [0.1, 0.15) is 24.2 Å². The monoisotopic (exact) mass is 388 g/mol. The first-order valence-corrected chi connectivity index (χ1v) is 10.4. The van der Waals surface area contributed by atoms with E-state index in [0.29, 0.717) is 24.6 Å². The van der Waals surface area contributed by atoms with Gasteiger partial charge in [-0.15, -0.1) is 0 Å². The molecule has 0 radical (unpaired) electrons. The summed E-state index contributed by atoms with van der Waals surface area (Å²) in [7, 11) is -3.70. The minimum Gasteiger partial charge on any atom is -0.328 e. The van der Waals surface area contributed by atoms with Crippen LogP contribution in [0, 0.1) is 5.92 Å². The molecule has 0 bridgehead atoms. The number of rotatable bonds is 7. The third kappa shape index (κ3) is 4.45. The second-order valence-corrected chi connectivity index (χ2v) is 8.58. The molecule has 1 atom stereocenters. The van der Waals surface area contributed by atoms with E-state index in [1.807, 2.05) is 12.2 Å². The molecule has 1 aliphatic rings. The van der Waals surface area contributed by atoms with E-state index in [9.17, 15) is 13.2 Å². The molecular formula is C19H24N4O3S. The highest BCUT2D eigenvalue weighted by Gasteiger charge is 2.28. The zero-order valence-corrected chi connectivity index (χ0v) is 16.3. The lowest BCUT2D eigenvalue weighted by Crippen LogP contribution is -2.39. The van der Waals surface area contributed by atoms with Gasteiger partial charge in [-0.3, -0.25) is 9.48 Å². The minimum atomic E-state index is -3.70. The van der Waals surface area contributed by atoms with Gasteiger partial charge in [0.15, 0.2) is 0 Å². The van der Waals surface area contributed by atoms with Gasteiger partial charge in [-0.1, -0.05) is 32.1 Å². The van der Waals surface area contributed by atoms with Crippen LogP contribution in [0.25, 0.3) is 0 Å². The summed E-state index contributed by atoms with van der Waals surface area (Å²) in [6, 6.07) is 8.00. The number of benzene rings is 1. The molecule has 8 heteroatoms. The zero-order chi connectivity index (χ0) is 19.4. The first-order valence-electron chi connectivity index (χ1n) is 8.93. The molecule has 1 aromatic carbocycles. The number of nitrogens with zero attached hydrogens (tertiary/aromatic N) is 3. The van der Waals surface area contributed by atoms with E-state index in [1.165, 1.54) is 12.1 Å². The van der Waals surface area contributed by atoms with E-state index in [1.54, 1.807) is 40.2 Å². The molecule has 1 N–H and O–H groups in total. The maximum absolute atomic E-state index is 12.9. The van der Waals surface area contributed by atoms with Crippen LogP contribution in [0.4, 0.5) is 0 Å². The lowest BCUT2D eigenvalue weighted by molar-refractivity contribution is 0.0720. The highest BCUT2D eigenvalue weighted by Crippen LogP contribution is 2.21. The molecule has 144 valence electrons. The van der Waals surface area contributed by atoms with E-state index < -0.39 is 10.0 Å². The van der Waals surface area contributed by atoms with Crippen molar-refractivity contribution in [3.8, 4) is 0 Å². The highest BCUT2D eigenvalue weighted by atomic mass is 32.2. The fourth-order valence-corrected chi connectivity index (χ4v) is 4.18. The van der Waals surface area contributed by atoms with Crippen LogP contribution in [0.15, 0.2) is 59.8 Å². The Balaban J connectivity index is 1.71. The van der Waals surface area contributed by atoms with Crippen molar-refractivity contribution >= 4 is 15.9 Å². The summed E-state index contributed by atoms with van der Waals surface area (Å²) >= 11 is 0. The molecule has 1 aromatic heterocycles. The van der Waals surface area contributed by atoms with Crippen molar-refractivity contribution in [3.05, 3.63) is 60.4 Å². The number of amides is 1. The summed E-state index contributed by atoms with van der Waals surface area (Å²) in [6.07, 6.45) is 7.41. The fourth-order valence-electron chi connectivity index (χ4n) is 3.11. The Bertz CT molecular complexity index is 920. The third-order valence-electron chi connectivity index (χ3n) is 4.52. The molecule has 0 fully saturated rings. The molecule has 1 amide bonds. The van der Waals surface area contributed by atoms with Crippen molar-refractivity contribution in [2.24, 2.45) is 5.92 Å². The van der Waals surface area contributed by atoms with Gasteiger partial charge in [0.25, 0.3) is 5.91 Å². The predicted octanol–water partition coefficient (Wildman–Crippen LogP) is 1.90. The van der Waals surface area contributed by atoms with E-state index in [2.05, 4.69) is 23.7 Å². The van der Waals surface area contributed by atoms with Gasteiger partial charge in [0, 0.05) is 31.0 Å². The maximum Gasteiger partial charge on any atom is 0.254 e. The van der Waals surface area contributed by atoms with Gasteiger partial charge in [-0.25, -0.2) is 13.1 Å². The van der Waals surface area contributed by atoms with Crippen LogP contribution >= 0.6 is 0 Å². The van der Waals surface area contributed by atoms with Crippen molar-refractivity contribution in [3.63, 3.8) is 0 Å². The Labute approximate surface area is 159 Å². The second-order valence-electron chi connectivity index (χ2n) is 6.82. The van der Waals surface area contributed by atoms with Gasteiger partial charge in [-0.2, -0.15) is 5.10 Å². The molecule has 0 aliphatic carbocycles. The van der Waals surface area contributed by atoms with Crippen molar-refractivity contribution < 1.29 is 13.2 Å². The zero-order valence-electron chi connectivity index (χ0n) is 15.4. The highest BCUT2D eigenvalue weighted by molar-refractivity contribution is 7.89. The number of hydrogen-bond donors (Lipinski definition) is 1. The predicted molar refractivity (Wildman–Crippen MR) is 103 cm³/mol. The topological polar surface area (TPSA) is 84.3 Å². The average molecular weight is 388 g/mol. The summed E-state index contributed by atoms with van der Waals surface area (Å²) in [5, 5.41) is 4.04. The van der Waals surface area contributed by atoms with E-state index in [4.69, 9.17) is 0 Å². The van der Waals surface area contributed by atoms with E-state index >= 15 is 0 Å². The van der Waals surface area contributed by atoms with Crippen molar-refractivity contribution in [2.75, 3.05) is 13.1 Å². The Hall–Kier alpha value is -2.45. The summed E-state index contributed by atoms with van der Waals surface area (Å²) < 4.78 is 29.3.